The van der Waals surface area contributed by atoms with E-state index in [0.29, 0.717) is 0 Å². The van der Waals surface area contributed by atoms with Crippen LogP contribution >= 0.6 is 0 Å². The zero-order valence-corrected chi connectivity index (χ0v) is 9.36. The Labute approximate surface area is 94.1 Å². The monoisotopic (exact) mass is 221 g/mol. The Balaban J connectivity index is 3.03. The third-order valence-electron chi connectivity index (χ3n) is 1.93. The molecule has 0 saturated carbocycles. The minimum absolute atomic E-state index is 0.00432. The topological polar surface area (TPSA) is 85.1 Å². The zero-order chi connectivity index (χ0) is 12.1. The molecule has 1 aromatic heterocycles. The zero-order valence-electron chi connectivity index (χ0n) is 9.36. The van der Waals surface area contributed by atoms with Gasteiger partial charge in [0.25, 0.3) is 5.91 Å². The second-order valence-corrected chi connectivity index (χ2v) is 3.66. The van der Waals surface area contributed by atoms with Crippen LogP contribution in [0.25, 0.3) is 0 Å². The minimum Gasteiger partial charge on any atom is -0.349 e. The molecule has 86 valence electrons. The molecule has 1 rings (SSSR count). The lowest BCUT2D eigenvalue weighted by molar-refractivity contribution is 0.0922. The van der Waals surface area contributed by atoms with Crippen LogP contribution in [-0.2, 0) is 0 Å². The second-order valence-electron chi connectivity index (χ2n) is 3.66. The second kappa shape index (κ2) is 5.37. The lowest BCUT2D eigenvalue weighted by atomic mass is 10.1. The third-order valence-corrected chi connectivity index (χ3v) is 1.93. The smallest absolute Gasteiger partial charge is 0.270 e. The first-order valence-electron chi connectivity index (χ1n) is 5.05. The molecule has 0 saturated heterocycles. The molecule has 5 heteroatoms. The Kier molecular flexibility index (Phi) is 4.13. The number of hydrogen-bond donors (Lipinski definition) is 2. The number of Topliss-reactive ketones (excluding diaryl/α,β-unsaturated/α-hetero) is 1. The van der Waals surface area contributed by atoms with Gasteiger partial charge in [0.15, 0.2) is 5.78 Å². The van der Waals surface area contributed by atoms with Gasteiger partial charge < -0.3 is 11.1 Å². The summed E-state index contributed by atoms with van der Waals surface area (Å²) in [5.41, 5.74) is 5.66. The molecular formula is C11H15N3O2. The average molecular weight is 221 g/mol. The molecule has 0 aliphatic rings. The summed E-state index contributed by atoms with van der Waals surface area (Å²) in [5.74, 6) is -0.644. The number of carbonyl (C=O) groups excluding carboxylic acids is 2. The lowest BCUT2D eigenvalue weighted by Gasteiger charge is -2.09. The highest BCUT2D eigenvalue weighted by Gasteiger charge is 2.17. The van der Waals surface area contributed by atoms with Crippen molar-refractivity contribution in [3.8, 4) is 0 Å². The highest BCUT2D eigenvalue weighted by Crippen LogP contribution is 2.06. The summed E-state index contributed by atoms with van der Waals surface area (Å²) in [6, 6.07) is 3.15. The van der Waals surface area contributed by atoms with E-state index in [1.807, 2.05) is 13.8 Å². The highest BCUT2D eigenvalue weighted by molar-refractivity contribution is 6.07. The lowest BCUT2D eigenvalue weighted by Crippen LogP contribution is -2.32. The van der Waals surface area contributed by atoms with E-state index < -0.39 is 0 Å². The van der Waals surface area contributed by atoms with E-state index in [9.17, 15) is 9.59 Å². The Morgan fingerprint density at radius 3 is 2.75 bits per heavy atom. The minimum atomic E-state index is -0.354. The molecule has 0 atom stereocenters. The predicted octanol–water partition coefficient (Wildman–Crippen LogP) is 0.361. The van der Waals surface area contributed by atoms with E-state index in [1.54, 1.807) is 12.1 Å². The van der Waals surface area contributed by atoms with Crippen molar-refractivity contribution in [3.63, 3.8) is 0 Å². The standard InChI is InChI=1S/C11H15N3O2/c1-7(2)14-11(16)10-8(9(15)6-12)4-3-5-13-10/h3-5,7H,6,12H2,1-2H3,(H,14,16). The van der Waals surface area contributed by atoms with Gasteiger partial charge in [-0.1, -0.05) is 0 Å². The summed E-state index contributed by atoms with van der Waals surface area (Å²) >= 11 is 0. The van der Waals surface area contributed by atoms with Crippen LogP contribution in [0.5, 0.6) is 0 Å². The summed E-state index contributed by atoms with van der Waals surface area (Å²) < 4.78 is 0. The number of rotatable bonds is 4. The summed E-state index contributed by atoms with van der Waals surface area (Å²) in [6.45, 7) is 3.55. The largest absolute Gasteiger partial charge is 0.349 e. The van der Waals surface area contributed by atoms with Crippen LogP contribution in [0.15, 0.2) is 18.3 Å². The van der Waals surface area contributed by atoms with Gasteiger partial charge in [0.05, 0.1) is 12.1 Å². The van der Waals surface area contributed by atoms with Crippen LogP contribution < -0.4 is 11.1 Å². The molecule has 0 bridgehead atoms. The summed E-state index contributed by atoms with van der Waals surface area (Å²) in [7, 11) is 0. The fourth-order valence-electron chi connectivity index (χ4n) is 1.25. The average Bonchev–Trinajstić information content (AvgIpc) is 2.27. The maximum atomic E-state index is 11.7. The molecule has 0 aromatic carbocycles. The van der Waals surface area contributed by atoms with E-state index >= 15 is 0 Å². The van der Waals surface area contributed by atoms with Crippen LogP contribution in [0, 0.1) is 0 Å². The first-order valence-corrected chi connectivity index (χ1v) is 5.05. The van der Waals surface area contributed by atoms with Gasteiger partial charge in [0.1, 0.15) is 5.69 Å². The maximum absolute atomic E-state index is 11.7. The fourth-order valence-corrected chi connectivity index (χ4v) is 1.25. The van der Waals surface area contributed by atoms with Crippen LogP contribution in [0.1, 0.15) is 34.7 Å². The number of nitrogens with two attached hydrogens (primary N) is 1. The third kappa shape index (κ3) is 2.87. The Morgan fingerprint density at radius 2 is 2.19 bits per heavy atom. The van der Waals surface area contributed by atoms with E-state index in [-0.39, 0.29) is 35.5 Å². The molecule has 0 aliphatic carbocycles. The van der Waals surface area contributed by atoms with Crippen molar-refractivity contribution in [2.75, 3.05) is 6.54 Å². The van der Waals surface area contributed by atoms with Gasteiger partial charge in [0, 0.05) is 12.2 Å². The maximum Gasteiger partial charge on any atom is 0.270 e. The first kappa shape index (κ1) is 12.3. The summed E-state index contributed by atoms with van der Waals surface area (Å²) in [4.78, 5) is 27.1. The first-order chi connectivity index (χ1) is 7.56. The van der Waals surface area contributed by atoms with Crippen molar-refractivity contribution >= 4 is 11.7 Å². The van der Waals surface area contributed by atoms with Gasteiger partial charge >= 0.3 is 0 Å². The normalized spacial score (nSPS) is 10.2. The molecular weight excluding hydrogens is 206 g/mol. The van der Waals surface area contributed by atoms with Gasteiger partial charge in [-0.3, -0.25) is 14.6 Å². The molecule has 1 heterocycles. The summed E-state index contributed by atoms with van der Waals surface area (Å²) in [6.07, 6.45) is 1.47. The molecule has 0 unspecified atom stereocenters. The molecule has 0 spiro atoms. The van der Waals surface area contributed by atoms with Crippen molar-refractivity contribution in [2.24, 2.45) is 5.73 Å². The van der Waals surface area contributed by atoms with Crippen molar-refractivity contribution in [1.29, 1.82) is 0 Å². The van der Waals surface area contributed by atoms with E-state index in [0.717, 1.165) is 0 Å². The quantitative estimate of drug-likeness (QED) is 0.719. The molecule has 0 fully saturated rings. The molecule has 0 radical (unpaired) electrons. The number of hydrogen-bond acceptors (Lipinski definition) is 4. The number of ketones is 1. The van der Waals surface area contributed by atoms with Crippen molar-refractivity contribution < 1.29 is 9.59 Å². The highest BCUT2D eigenvalue weighted by atomic mass is 16.2. The molecule has 5 nitrogen and oxygen atoms in total. The van der Waals surface area contributed by atoms with Gasteiger partial charge in [-0.15, -0.1) is 0 Å². The van der Waals surface area contributed by atoms with Crippen molar-refractivity contribution in [1.82, 2.24) is 10.3 Å². The number of aromatic nitrogens is 1. The van der Waals surface area contributed by atoms with Crippen LogP contribution in [-0.4, -0.2) is 29.3 Å². The number of nitrogens with zero attached hydrogens (tertiary/aromatic N) is 1. The fraction of sp³-hybridized carbons (Fsp3) is 0.364. The Morgan fingerprint density at radius 1 is 1.50 bits per heavy atom. The molecule has 1 amide bonds. The van der Waals surface area contributed by atoms with Gasteiger partial charge in [-0.05, 0) is 26.0 Å². The van der Waals surface area contributed by atoms with Crippen molar-refractivity contribution in [3.05, 3.63) is 29.6 Å². The Hall–Kier alpha value is -1.75. The van der Waals surface area contributed by atoms with Gasteiger partial charge in [-0.2, -0.15) is 0 Å². The SMILES string of the molecule is CC(C)NC(=O)c1ncccc1C(=O)CN. The number of pyridine rings is 1. The molecule has 1 aromatic rings. The van der Waals surface area contributed by atoms with E-state index in [4.69, 9.17) is 5.73 Å². The predicted molar refractivity (Wildman–Crippen MR) is 60.2 cm³/mol. The van der Waals surface area contributed by atoms with Crippen LogP contribution in [0.3, 0.4) is 0 Å². The number of amides is 1. The van der Waals surface area contributed by atoms with Crippen LogP contribution in [0.4, 0.5) is 0 Å². The number of nitrogens with one attached hydrogen (secondary N) is 1. The molecule has 16 heavy (non-hydrogen) atoms. The molecule has 0 aliphatic heterocycles. The number of carbonyl (C=O) groups is 2. The van der Waals surface area contributed by atoms with E-state index in [1.165, 1.54) is 6.20 Å². The van der Waals surface area contributed by atoms with E-state index in [2.05, 4.69) is 10.3 Å². The van der Waals surface area contributed by atoms with Crippen molar-refractivity contribution in [2.45, 2.75) is 19.9 Å². The summed E-state index contributed by atoms with van der Waals surface area (Å²) in [5, 5.41) is 2.68. The Bertz CT molecular complexity index is 402. The van der Waals surface area contributed by atoms with Gasteiger partial charge in [0.2, 0.25) is 0 Å². The van der Waals surface area contributed by atoms with Gasteiger partial charge in [-0.25, -0.2) is 0 Å². The van der Waals surface area contributed by atoms with Crippen LogP contribution in [0.2, 0.25) is 0 Å². The molecule has 3 N–H and O–H groups in total.